The number of sulfonamides is 2. The molecule has 14 heteroatoms. The molecule has 4 aromatic rings. The molecule has 0 unspecified atom stereocenters. The van der Waals surface area contributed by atoms with Crippen LogP contribution in [0, 0.1) is 11.3 Å². The molecule has 0 radical (unpaired) electrons. The van der Waals surface area contributed by atoms with Crippen LogP contribution in [0.4, 0.5) is 11.5 Å². The first kappa shape index (κ1) is 29.1. The van der Waals surface area contributed by atoms with Crippen LogP contribution in [-0.4, -0.2) is 60.2 Å². The van der Waals surface area contributed by atoms with Crippen LogP contribution in [0.5, 0.6) is 11.5 Å². The van der Waals surface area contributed by atoms with Gasteiger partial charge in [-0.05, 0) is 48.5 Å². The van der Waals surface area contributed by atoms with Crippen molar-refractivity contribution in [1.29, 1.82) is 5.26 Å². The zero-order chi connectivity index (χ0) is 29.8. The number of pyridine rings is 1. The molecule has 4 rings (SSSR count). The Balaban J connectivity index is 1.90. The van der Waals surface area contributed by atoms with Gasteiger partial charge in [-0.2, -0.15) is 5.26 Å². The fourth-order valence-electron chi connectivity index (χ4n) is 4.07. The Morgan fingerprint density at radius 3 is 1.78 bits per heavy atom. The van der Waals surface area contributed by atoms with Crippen LogP contribution in [0.15, 0.2) is 88.8 Å². The Morgan fingerprint density at radius 2 is 1.32 bits per heavy atom. The van der Waals surface area contributed by atoms with Gasteiger partial charge in [0.05, 0.1) is 42.0 Å². The van der Waals surface area contributed by atoms with Crippen molar-refractivity contribution in [3.63, 3.8) is 0 Å². The standard InChI is InChI=1S/C27H24N4O8S2/c1-38-19-7-11-21(12-8-19)40(34,35)30(16-15-28)25-17-29-27(24-6-4-3-5-23(24)25)31(18-26(32)33)41(36,37)22-13-9-20(39-2)10-14-22/h3-14,17H,16,18H2,1-2H3,(H,32,33). The highest BCUT2D eigenvalue weighted by atomic mass is 32.2. The fourth-order valence-corrected chi connectivity index (χ4v) is 6.83. The molecule has 0 atom stereocenters. The van der Waals surface area contributed by atoms with E-state index in [-0.39, 0.29) is 32.1 Å². The minimum Gasteiger partial charge on any atom is -0.497 e. The van der Waals surface area contributed by atoms with Crippen LogP contribution in [-0.2, 0) is 24.8 Å². The van der Waals surface area contributed by atoms with Gasteiger partial charge in [-0.25, -0.2) is 30.4 Å². The molecule has 12 nitrogen and oxygen atoms in total. The van der Waals surface area contributed by atoms with E-state index in [2.05, 4.69) is 4.98 Å². The maximum Gasteiger partial charge on any atom is 0.324 e. The minimum atomic E-state index is -4.45. The predicted molar refractivity (Wildman–Crippen MR) is 150 cm³/mol. The second kappa shape index (κ2) is 11.7. The highest BCUT2D eigenvalue weighted by Gasteiger charge is 2.32. The quantitative estimate of drug-likeness (QED) is 0.254. The number of aliphatic carboxylic acids is 1. The van der Waals surface area contributed by atoms with E-state index in [1.54, 1.807) is 12.1 Å². The van der Waals surface area contributed by atoms with Crippen LogP contribution in [0.25, 0.3) is 10.8 Å². The van der Waals surface area contributed by atoms with Crippen molar-refractivity contribution >= 4 is 48.3 Å². The molecule has 0 fully saturated rings. The van der Waals surface area contributed by atoms with Gasteiger partial charge < -0.3 is 14.6 Å². The van der Waals surface area contributed by atoms with Crippen LogP contribution < -0.4 is 18.1 Å². The van der Waals surface area contributed by atoms with Gasteiger partial charge in [-0.15, -0.1) is 0 Å². The van der Waals surface area contributed by atoms with Crippen LogP contribution in [0.2, 0.25) is 0 Å². The first-order valence-electron chi connectivity index (χ1n) is 11.8. The van der Waals surface area contributed by atoms with Gasteiger partial charge in [-0.3, -0.25) is 4.79 Å². The summed E-state index contributed by atoms with van der Waals surface area (Å²) in [6, 6.07) is 19.0. The van der Waals surface area contributed by atoms with Gasteiger partial charge in [-0.1, -0.05) is 24.3 Å². The topological polar surface area (TPSA) is 167 Å². The van der Waals surface area contributed by atoms with Crippen molar-refractivity contribution in [2.45, 2.75) is 9.79 Å². The predicted octanol–water partition coefficient (Wildman–Crippen LogP) is 3.25. The number of fused-ring (bicyclic) bond motifs is 1. The Kier molecular flexibility index (Phi) is 8.31. The number of nitriles is 1. The monoisotopic (exact) mass is 596 g/mol. The van der Waals surface area contributed by atoms with E-state index in [1.165, 1.54) is 74.9 Å². The van der Waals surface area contributed by atoms with E-state index < -0.39 is 39.1 Å². The molecule has 0 amide bonds. The van der Waals surface area contributed by atoms with Crippen molar-refractivity contribution in [1.82, 2.24) is 4.98 Å². The second-order valence-corrected chi connectivity index (χ2v) is 12.2. The molecule has 0 saturated carbocycles. The fraction of sp³-hybridized carbons (Fsp3) is 0.148. The summed E-state index contributed by atoms with van der Waals surface area (Å²) in [5, 5.41) is 19.5. The SMILES string of the molecule is COc1ccc(S(=O)(=O)N(CC#N)c2cnc(N(CC(=O)O)S(=O)(=O)c3ccc(OC)cc3)c3ccccc23)cc1. The first-order chi connectivity index (χ1) is 19.5. The third kappa shape index (κ3) is 5.72. The molecule has 3 aromatic carbocycles. The molecule has 1 heterocycles. The van der Waals surface area contributed by atoms with Gasteiger partial charge in [0, 0.05) is 10.8 Å². The number of carbonyl (C=O) groups is 1. The highest BCUT2D eigenvalue weighted by Crippen LogP contribution is 2.37. The Morgan fingerprint density at radius 1 is 0.829 bits per heavy atom. The number of carboxylic acid groups (broad SMARTS) is 1. The third-order valence-electron chi connectivity index (χ3n) is 6.05. The van der Waals surface area contributed by atoms with Crippen molar-refractivity contribution in [3.8, 4) is 17.6 Å². The zero-order valence-corrected chi connectivity index (χ0v) is 23.5. The molecule has 0 saturated heterocycles. The van der Waals surface area contributed by atoms with Gasteiger partial charge in [0.2, 0.25) is 0 Å². The van der Waals surface area contributed by atoms with Gasteiger partial charge in [0.1, 0.15) is 24.6 Å². The molecule has 1 aromatic heterocycles. The summed E-state index contributed by atoms with van der Waals surface area (Å²) >= 11 is 0. The molecule has 41 heavy (non-hydrogen) atoms. The van der Waals surface area contributed by atoms with Crippen LogP contribution >= 0.6 is 0 Å². The average molecular weight is 597 g/mol. The lowest BCUT2D eigenvalue weighted by molar-refractivity contribution is -0.135. The number of benzene rings is 3. The summed E-state index contributed by atoms with van der Waals surface area (Å²) in [7, 11) is -5.88. The molecular weight excluding hydrogens is 572 g/mol. The lowest BCUT2D eigenvalue weighted by Gasteiger charge is -2.26. The molecular formula is C27H24N4O8S2. The summed E-state index contributed by atoms with van der Waals surface area (Å²) < 4.78 is 66.2. The van der Waals surface area contributed by atoms with Gasteiger partial charge >= 0.3 is 5.97 Å². The average Bonchev–Trinajstić information content (AvgIpc) is 2.98. The summed E-state index contributed by atoms with van der Waals surface area (Å²) in [5.74, 6) is -0.840. The number of hydrogen-bond acceptors (Lipinski definition) is 9. The van der Waals surface area contributed by atoms with E-state index in [0.717, 1.165) is 10.5 Å². The largest absolute Gasteiger partial charge is 0.497 e. The van der Waals surface area contributed by atoms with E-state index in [9.17, 15) is 32.0 Å². The van der Waals surface area contributed by atoms with Gasteiger partial charge in [0.25, 0.3) is 20.0 Å². The summed E-state index contributed by atoms with van der Waals surface area (Å²) in [6.07, 6.45) is 1.11. The summed E-state index contributed by atoms with van der Waals surface area (Å²) in [4.78, 5) is 15.7. The number of hydrogen-bond donors (Lipinski definition) is 1. The van der Waals surface area contributed by atoms with E-state index >= 15 is 0 Å². The number of methoxy groups -OCH3 is 2. The number of aromatic nitrogens is 1. The second-order valence-electron chi connectivity index (χ2n) is 8.44. The molecule has 0 bridgehead atoms. The Bertz CT molecular complexity index is 1840. The van der Waals surface area contributed by atoms with Crippen molar-refractivity contribution in [2.24, 2.45) is 0 Å². The van der Waals surface area contributed by atoms with Gasteiger partial charge in [0.15, 0.2) is 5.82 Å². The number of rotatable bonds is 11. The Hall–Kier alpha value is -4.87. The maximum absolute atomic E-state index is 13.7. The first-order valence-corrected chi connectivity index (χ1v) is 14.7. The third-order valence-corrected chi connectivity index (χ3v) is 9.57. The zero-order valence-electron chi connectivity index (χ0n) is 21.8. The molecule has 1 N–H and O–H groups in total. The van der Waals surface area contributed by atoms with Crippen LogP contribution in [0.1, 0.15) is 0 Å². The molecule has 0 aliphatic heterocycles. The number of anilines is 2. The molecule has 0 spiro atoms. The van der Waals surface area contributed by atoms with E-state index in [0.29, 0.717) is 15.8 Å². The lowest BCUT2D eigenvalue weighted by atomic mass is 10.1. The Labute approximate surface area is 236 Å². The number of nitrogens with zero attached hydrogens (tertiary/aromatic N) is 4. The molecule has 0 aliphatic carbocycles. The lowest BCUT2D eigenvalue weighted by Crippen LogP contribution is -2.37. The highest BCUT2D eigenvalue weighted by molar-refractivity contribution is 7.93. The van der Waals surface area contributed by atoms with Crippen molar-refractivity contribution in [3.05, 3.63) is 79.0 Å². The van der Waals surface area contributed by atoms with Crippen molar-refractivity contribution < 1.29 is 36.2 Å². The molecule has 0 aliphatic rings. The molecule has 212 valence electrons. The number of carboxylic acids is 1. The maximum atomic E-state index is 13.7. The van der Waals surface area contributed by atoms with Crippen LogP contribution in [0.3, 0.4) is 0 Å². The summed E-state index contributed by atoms with van der Waals surface area (Å²) in [6.45, 7) is -1.54. The minimum absolute atomic E-state index is 0.00108. The summed E-state index contributed by atoms with van der Waals surface area (Å²) in [5.41, 5.74) is -0.00108. The van der Waals surface area contributed by atoms with E-state index in [4.69, 9.17) is 9.47 Å². The normalized spacial score (nSPS) is 11.4. The van der Waals surface area contributed by atoms with Crippen molar-refractivity contribution in [2.75, 3.05) is 35.9 Å². The number of ether oxygens (including phenoxy) is 2. The smallest absolute Gasteiger partial charge is 0.324 e. The van der Waals surface area contributed by atoms with E-state index in [1.807, 2.05) is 6.07 Å².